The second kappa shape index (κ2) is 9.22. The van der Waals surface area contributed by atoms with Crippen molar-refractivity contribution in [2.24, 2.45) is 10.7 Å². The molecule has 1 amide bonds. The Bertz CT molecular complexity index is 757. The molecule has 0 unspecified atom stereocenters. The fourth-order valence-electron chi connectivity index (χ4n) is 2.27. The molecule has 0 aromatic heterocycles. The standard InChI is InChI=1S/C19H23BrN4O/c1-3-14-4-7-16(8-5-14)23-19(21)22-11-10-18(25)24-17-9-6-15(20)12-13(17)2/h4-9,12H,3,10-11H2,1-2H3,(H,24,25)(H3,21,22,23). The van der Waals surface area contributed by atoms with E-state index in [1.807, 2.05) is 49.4 Å². The number of amides is 1. The van der Waals surface area contributed by atoms with Crippen molar-refractivity contribution in [1.82, 2.24) is 0 Å². The highest BCUT2D eigenvalue weighted by molar-refractivity contribution is 9.10. The van der Waals surface area contributed by atoms with Gasteiger partial charge in [0.15, 0.2) is 5.96 Å². The van der Waals surface area contributed by atoms with Crippen molar-refractivity contribution in [2.75, 3.05) is 17.2 Å². The molecule has 0 saturated carbocycles. The Morgan fingerprint density at radius 3 is 2.52 bits per heavy atom. The predicted octanol–water partition coefficient (Wildman–Crippen LogP) is 4.08. The number of benzene rings is 2. The smallest absolute Gasteiger partial charge is 0.226 e. The summed E-state index contributed by atoms with van der Waals surface area (Å²) in [5.74, 6) is 0.214. The summed E-state index contributed by atoms with van der Waals surface area (Å²) in [6.07, 6.45) is 1.27. The summed E-state index contributed by atoms with van der Waals surface area (Å²) in [5, 5.41) is 5.91. The number of nitrogens with two attached hydrogens (primary N) is 1. The summed E-state index contributed by atoms with van der Waals surface area (Å²) in [6, 6.07) is 13.7. The minimum Gasteiger partial charge on any atom is -0.370 e. The molecule has 132 valence electrons. The van der Waals surface area contributed by atoms with Crippen molar-refractivity contribution >= 4 is 39.2 Å². The van der Waals surface area contributed by atoms with Crippen LogP contribution in [0.4, 0.5) is 11.4 Å². The minimum absolute atomic E-state index is 0.0886. The average Bonchev–Trinajstić information content (AvgIpc) is 2.58. The van der Waals surface area contributed by atoms with E-state index in [1.54, 1.807) is 0 Å². The van der Waals surface area contributed by atoms with Gasteiger partial charge in [-0.3, -0.25) is 9.79 Å². The van der Waals surface area contributed by atoms with Crippen molar-refractivity contribution in [3.05, 3.63) is 58.1 Å². The summed E-state index contributed by atoms with van der Waals surface area (Å²) < 4.78 is 0.985. The largest absolute Gasteiger partial charge is 0.370 e. The van der Waals surface area contributed by atoms with Crippen LogP contribution in [0.1, 0.15) is 24.5 Å². The number of nitrogens with zero attached hydrogens (tertiary/aromatic N) is 1. The van der Waals surface area contributed by atoms with E-state index >= 15 is 0 Å². The Morgan fingerprint density at radius 1 is 1.16 bits per heavy atom. The quantitative estimate of drug-likeness (QED) is 0.503. The molecule has 0 aliphatic rings. The van der Waals surface area contributed by atoms with Crippen LogP contribution in [0.2, 0.25) is 0 Å². The average molecular weight is 403 g/mol. The van der Waals surface area contributed by atoms with Crippen LogP contribution in [0.3, 0.4) is 0 Å². The molecule has 0 aliphatic carbocycles. The first-order chi connectivity index (χ1) is 12.0. The maximum absolute atomic E-state index is 12.0. The monoisotopic (exact) mass is 402 g/mol. The van der Waals surface area contributed by atoms with Crippen molar-refractivity contribution < 1.29 is 4.79 Å². The van der Waals surface area contributed by atoms with E-state index in [2.05, 4.69) is 38.5 Å². The Hall–Kier alpha value is -2.34. The molecule has 4 N–H and O–H groups in total. The van der Waals surface area contributed by atoms with Gasteiger partial charge in [-0.05, 0) is 54.8 Å². The molecule has 0 atom stereocenters. The van der Waals surface area contributed by atoms with Gasteiger partial charge in [-0.15, -0.1) is 0 Å². The van der Waals surface area contributed by atoms with Crippen molar-refractivity contribution in [3.8, 4) is 0 Å². The molecule has 0 radical (unpaired) electrons. The highest BCUT2D eigenvalue weighted by atomic mass is 79.9. The van der Waals surface area contributed by atoms with Gasteiger partial charge in [0.2, 0.25) is 5.91 Å². The first kappa shape index (κ1) is 19.0. The van der Waals surface area contributed by atoms with Gasteiger partial charge >= 0.3 is 0 Å². The predicted molar refractivity (Wildman–Crippen MR) is 108 cm³/mol. The topological polar surface area (TPSA) is 79.5 Å². The number of anilines is 2. The molecule has 2 rings (SSSR count). The van der Waals surface area contributed by atoms with Crippen LogP contribution < -0.4 is 16.4 Å². The fraction of sp³-hybridized carbons (Fsp3) is 0.263. The maximum atomic E-state index is 12.0. The maximum Gasteiger partial charge on any atom is 0.226 e. The lowest BCUT2D eigenvalue weighted by molar-refractivity contribution is -0.116. The Balaban J connectivity index is 1.81. The van der Waals surface area contributed by atoms with Crippen molar-refractivity contribution in [2.45, 2.75) is 26.7 Å². The van der Waals surface area contributed by atoms with Crippen molar-refractivity contribution in [3.63, 3.8) is 0 Å². The molecule has 0 bridgehead atoms. The lowest BCUT2D eigenvalue weighted by Gasteiger charge is -2.09. The number of nitrogens with one attached hydrogen (secondary N) is 2. The van der Waals surface area contributed by atoms with Gasteiger partial charge in [-0.2, -0.15) is 0 Å². The van der Waals surface area contributed by atoms with Gasteiger partial charge < -0.3 is 16.4 Å². The molecular weight excluding hydrogens is 380 g/mol. The van der Waals surface area contributed by atoms with Crippen LogP contribution in [-0.4, -0.2) is 18.4 Å². The van der Waals surface area contributed by atoms with Gasteiger partial charge in [-0.1, -0.05) is 35.0 Å². The summed E-state index contributed by atoms with van der Waals surface area (Å²) in [6.45, 7) is 4.39. The highest BCUT2D eigenvalue weighted by Crippen LogP contribution is 2.20. The zero-order valence-corrected chi connectivity index (χ0v) is 16.1. The number of hydrogen-bond donors (Lipinski definition) is 3. The molecule has 0 aliphatic heterocycles. The summed E-state index contributed by atoms with van der Waals surface area (Å²) in [5.41, 5.74) is 9.81. The number of rotatable bonds is 6. The number of carbonyl (C=O) groups is 1. The van der Waals surface area contributed by atoms with Gasteiger partial charge in [-0.25, -0.2) is 0 Å². The highest BCUT2D eigenvalue weighted by Gasteiger charge is 2.05. The molecule has 0 spiro atoms. The van der Waals surface area contributed by atoms with Crippen LogP contribution >= 0.6 is 15.9 Å². The van der Waals surface area contributed by atoms with Gasteiger partial charge in [0.25, 0.3) is 0 Å². The zero-order chi connectivity index (χ0) is 18.2. The lowest BCUT2D eigenvalue weighted by Crippen LogP contribution is -2.23. The number of aliphatic imine (C=N–C) groups is 1. The molecule has 25 heavy (non-hydrogen) atoms. The lowest BCUT2D eigenvalue weighted by atomic mass is 10.1. The normalized spacial score (nSPS) is 11.2. The SMILES string of the molecule is CCc1ccc(NC(N)=NCCC(=O)Nc2ccc(Br)cc2C)cc1. The van der Waals surface area contributed by atoms with E-state index in [0.29, 0.717) is 12.5 Å². The second-order valence-electron chi connectivity index (χ2n) is 5.70. The van der Waals surface area contributed by atoms with Gasteiger partial charge in [0.1, 0.15) is 0 Å². The zero-order valence-electron chi connectivity index (χ0n) is 14.5. The number of hydrogen-bond acceptors (Lipinski definition) is 2. The van der Waals surface area contributed by atoms with Gasteiger partial charge in [0, 0.05) is 22.3 Å². The molecular formula is C19H23BrN4O. The first-order valence-corrected chi connectivity index (χ1v) is 8.99. The Labute approximate surface area is 156 Å². The van der Waals surface area contributed by atoms with Gasteiger partial charge in [0.05, 0.1) is 6.54 Å². The van der Waals surface area contributed by atoms with E-state index in [4.69, 9.17) is 5.73 Å². The molecule has 2 aromatic rings. The molecule has 6 heteroatoms. The van der Waals surface area contributed by atoms with Crippen LogP contribution in [0.5, 0.6) is 0 Å². The third-order valence-electron chi connectivity index (χ3n) is 3.72. The Morgan fingerprint density at radius 2 is 1.88 bits per heavy atom. The van der Waals surface area contributed by atoms with Crippen LogP contribution in [0, 0.1) is 6.92 Å². The number of carbonyl (C=O) groups excluding carboxylic acids is 1. The minimum atomic E-state index is -0.0886. The second-order valence-corrected chi connectivity index (χ2v) is 6.62. The van der Waals surface area contributed by atoms with E-state index in [1.165, 1.54) is 5.56 Å². The summed E-state index contributed by atoms with van der Waals surface area (Å²) in [4.78, 5) is 16.2. The molecule has 0 fully saturated rings. The third-order valence-corrected chi connectivity index (χ3v) is 4.21. The van der Waals surface area contributed by atoms with E-state index < -0.39 is 0 Å². The molecule has 2 aromatic carbocycles. The first-order valence-electron chi connectivity index (χ1n) is 8.20. The number of guanidine groups is 1. The van der Waals surface area contributed by atoms with Crippen LogP contribution in [0.15, 0.2) is 51.9 Å². The molecule has 0 saturated heterocycles. The molecule has 0 heterocycles. The third kappa shape index (κ3) is 6.23. The van der Waals surface area contributed by atoms with Crippen molar-refractivity contribution in [1.29, 1.82) is 0 Å². The van der Waals surface area contributed by atoms with Crippen LogP contribution in [0.25, 0.3) is 0 Å². The van der Waals surface area contributed by atoms with Crippen LogP contribution in [-0.2, 0) is 11.2 Å². The van der Waals surface area contributed by atoms with E-state index in [9.17, 15) is 4.79 Å². The number of halogens is 1. The van der Waals surface area contributed by atoms with E-state index in [-0.39, 0.29) is 12.3 Å². The summed E-state index contributed by atoms with van der Waals surface area (Å²) in [7, 11) is 0. The Kier molecular flexibility index (Phi) is 7.01. The number of aryl methyl sites for hydroxylation is 2. The molecule has 5 nitrogen and oxygen atoms in total. The van der Waals surface area contributed by atoms with E-state index in [0.717, 1.165) is 27.8 Å². The fourth-order valence-corrected chi connectivity index (χ4v) is 2.74. The summed E-state index contributed by atoms with van der Waals surface area (Å²) >= 11 is 3.40.